The van der Waals surface area contributed by atoms with Crippen LogP contribution in [-0.2, 0) is 0 Å². The van der Waals surface area contributed by atoms with Crippen molar-refractivity contribution in [3.05, 3.63) is 0 Å². The number of nitrogens with one attached hydrogen (secondary N) is 1. The van der Waals surface area contributed by atoms with Gasteiger partial charge in [-0.05, 0) is 5.22 Å². The van der Waals surface area contributed by atoms with Crippen LogP contribution in [0.25, 0.3) is 0 Å². The molecular weight excluding hydrogens is 134 g/mol. The Labute approximate surface area is 55.7 Å². The molecule has 0 radical (unpaired) electrons. The number of aliphatic imine (C=N–C) groups is 1. The molecule has 10 heavy (non-hydrogen) atoms. The molecule has 0 bridgehead atoms. The molecule has 2 heterocycles. The molecule has 0 aromatic rings. The van der Waals surface area contributed by atoms with Crippen LogP contribution in [0, 0.1) is 0 Å². The minimum atomic E-state index is -0.415. The van der Waals surface area contributed by atoms with Crippen molar-refractivity contribution in [2.45, 2.75) is 6.04 Å². The van der Waals surface area contributed by atoms with Crippen LogP contribution in [0.4, 0.5) is 4.79 Å². The SMILES string of the molecule is O=C1N=CC2N=NN=C2N1. The van der Waals surface area contributed by atoms with Gasteiger partial charge in [-0.2, -0.15) is 5.11 Å². The van der Waals surface area contributed by atoms with E-state index < -0.39 is 6.03 Å². The molecule has 1 N–H and O–H groups in total. The number of fused-ring (bicyclic) bond motifs is 1. The normalized spacial score (nSPS) is 27.8. The van der Waals surface area contributed by atoms with E-state index in [2.05, 4.69) is 25.7 Å². The summed E-state index contributed by atoms with van der Waals surface area (Å²) >= 11 is 0. The van der Waals surface area contributed by atoms with Gasteiger partial charge in [0.15, 0.2) is 11.9 Å². The molecule has 2 rings (SSSR count). The summed E-state index contributed by atoms with van der Waals surface area (Å²) in [5.41, 5.74) is 0. The van der Waals surface area contributed by atoms with Crippen molar-refractivity contribution in [2.24, 2.45) is 20.4 Å². The van der Waals surface area contributed by atoms with E-state index in [1.54, 1.807) is 0 Å². The van der Waals surface area contributed by atoms with Crippen molar-refractivity contribution in [1.82, 2.24) is 5.32 Å². The highest BCUT2D eigenvalue weighted by Crippen LogP contribution is 2.04. The molecule has 1 atom stereocenters. The largest absolute Gasteiger partial charge is 0.346 e. The van der Waals surface area contributed by atoms with Crippen molar-refractivity contribution in [3.8, 4) is 0 Å². The Morgan fingerprint density at radius 3 is 3.40 bits per heavy atom. The number of hydrogen-bond acceptors (Lipinski definition) is 4. The number of hydrogen-bond donors (Lipinski definition) is 1. The van der Waals surface area contributed by atoms with Gasteiger partial charge < -0.3 is 0 Å². The van der Waals surface area contributed by atoms with E-state index in [0.717, 1.165) is 0 Å². The fraction of sp³-hybridized carbons (Fsp3) is 0.250. The number of amides is 2. The van der Waals surface area contributed by atoms with Gasteiger partial charge >= 0.3 is 6.03 Å². The molecule has 2 aliphatic rings. The minimum Gasteiger partial charge on any atom is -0.290 e. The topological polar surface area (TPSA) is 78.5 Å². The highest BCUT2D eigenvalue weighted by Gasteiger charge is 2.23. The zero-order valence-electron chi connectivity index (χ0n) is 4.85. The van der Waals surface area contributed by atoms with Gasteiger partial charge in [0, 0.05) is 6.21 Å². The van der Waals surface area contributed by atoms with Gasteiger partial charge in [-0.15, -0.1) is 5.10 Å². The average Bonchev–Trinajstić information content (AvgIpc) is 2.33. The summed E-state index contributed by atoms with van der Waals surface area (Å²) in [6.07, 6.45) is 1.41. The Morgan fingerprint density at radius 1 is 1.60 bits per heavy atom. The maximum atomic E-state index is 10.5. The number of amidine groups is 1. The van der Waals surface area contributed by atoms with E-state index in [0.29, 0.717) is 5.84 Å². The molecule has 1 unspecified atom stereocenters. The third kappa shape index (κ3) is 0.619. The third-order valence-corrected chi connectivity index (χ3v) is 1.18. The van der Waals surface area contributed by atoms with Gasteiger partial charge in [0.2, 0.25) is 0 Å². The van der Waals surface area contributed by atoms with E-state index in [1.807, 2.05) is 0 Å². The Kier molecular flexibility index (Phi) is 0.883. The smallest absolute Gasteiger partial charge is 0.290 e. The van der Waals surface area contributed by atoms with Crippen molar-refractivity contribution < 1.29 is 4.79 Å². The third-order valence-electron chi connectivity index (χ3n) is 1.18. The van der Waals surface area contributed by atoms with E-state index in [-0.39, 0.29) is 6.04 Å². The molecule has 0 spiro atoms. The molecule has 0 fully saturated rings. The Bertz CT molecular complexity index is 265. The van der Waals surface area contributed by atoms with Crippen LogP contribution >= 0.6 is 0 Å². The second-order valence-electron chi connectivity index (χ2n) is 1.84. The fourth-order valence-corrected chi connectivity index (χ4v) is 0.723. The Balaban J connectivity index is 2.35. The van der Waals surface area contributed by atoms with Crippen molar-refractivity contribution in [1.29, 1.82) is 0 Å². The minimum absolute atomic E-state index is 0.266. The number of nitrogens with zero attached hydrogens (tertiary/aromatic N) is 4. The Morgan fingerprint density at radius 2 is 2.50 bits per heavy atom. The van der Waals surface area contributed by atoms with E-state index >= 15 is 0 Å². The first kappa shape index (κ1) is 5.21. The lowest BCUT2D eigenvalue weighted by atomic mass is 10.3. The number of carbonyl (C=O) groups is 1. The average molecular weight is 137 g/mol. The zero-order valence-corrected chi connectivity index (χ0v) is 4.85. The molecule has 6 heteroatoms. The van der Waals surface area contributed by atoms with E-state index in [4.69, 9.17) is 0 Å². The molecule has 0 aromatic heterocycles. The molecule has 0 aromatic carbocycles. The molecule has 2 amide bonds. The van der Waals surface area contributed by atoms with Gasteiger partial charge in [-0.3, -0.25) is 5.32 Å². The predicted molar refractivity (Wildman–Crippen MR) is 33.1 cm³/mol. The molecule has 0 aliphatic carbocycles. The summed E-state index contributed by atoms with van der Waals surface area (Å²) in [5.74, 6) is 0.458. The molecule has 50 valence electrons. The highest BCUT2D eigenvalue weighted by atomic mass is 16.2. The first-order valence-corrected chi connectivity index (χ1v) is 2.69. The molecular formula is C4H3N5O. The quantitative estimate of drug-likeness (QED) is 0.498. The van der Waals surface area contributed by atoms with Crippen molar-refractivity contribution in [2.75, 3.05) is 0 Å². The summed E-state index contributed by atoms with van der Waals surface area (Å²) < 4.78 is 0. The Hall–Kier alpha value is -1.59. The van der Waals surface area contributed by atoms with Gasteiger partial charge in [-0.1, -0.05) is 0 Å². The predicted octanol–water partition coefficient (Wildman–Crippen LogP) is -0.0717. The molecule has 0 saturated heterocycles. The van der Waals surface area contributed by atoms with Gasteiger partial charge in [0.25, 0.3) is 0 Å². The summed E-state index contributed by atoms with van der Waals surface area (Å²) in [6, 6.07) is -0.681. The van der Waals surface area contributed by atoms with E-state index in [9.17, 15) is 4.79 Å². The van der Waals surface area contributed by atoms with Crippen LogP contribution in [0.3, 0.4) is 0 Å². The maximum Gasteiger partial charge on any atom is 0.346 e. The number of carbonyl (C=O) groups excluding carboxylic acids is 1. The maximum absolute atomic E-state index is 10.5. The van der Waals surface area contributed by atoms with Crippen LogP contribution in [0.15, 0.2) is 20.4 Å². The van der Waals surface area contributed by atoms with Gasteiger partial charge in [-0.25, -0.2) is 9.79 Å². The van der Waals surface area contributed by atoms with Gasteiger partial charge in [0.05, 0.1) is 0 Å². The summed E-state index contributed by atoms with van der Waals surface area (Å²) in [6.45, 7) is 0. The first-order chi connectivity index (χ1) is 4.86. The van der Waals surface area contributed by atoms with Crippen LogP contribution in [0.2, 0.25) is 0 Å². The van der Waals surface area contributed by atoms with Crippen LogP contribution in [0.1, 0.15) is 0 Å². The zero-order chi connectivity index (χ0) is 6.97. The second kappa shape index (κ2) is 1.69. The van der Waals surface area contributed by atoms with Crippen LogP contribution in [-0.4, -0.2) is 24.1 Å². The summed E-state index contributed by atoms with van der Waals surface area (Å²) in [4.78, 5) is 14.0. The number of urea groups is 1. The van der Waals surface area contributed by atoms with Crippen LogP contribution in [0.5, 0.6) is 0 Å². The van der Waals surface area contributed by atoms with Gasteiger partial charge in [0.1, 0.15) is 0 Å². The summed E-state index contributed by atoms with van der Waals surface area (Å²) in [5, 5.41) is 13.0. The lowest BCUT2D eigenvalue weighted by molar-refractivity contribution is 0.253. The lowest BCUT2D eigenvalue weighted by Crippen LogP contribution is -2.39. The van der Waals surface area contributed by atoms with E-state index in [1.165, 1.54) is 6.21 Å². The molecule has 6 nitrogen and oxygen atoms in total. The highest BCUT2D eigenvalue weighted by molar-refractivity contribution is 6.14. The number of rotatable bonds is 0. The molecule has 0 saturated carbocycles. The monoisotopic (exact) mass is 137 g/mol. The first-order valence-electron chi connectivity index (χ1n) is 2.69. The van der Waals surface area contributed by atoms with Crippen LogP contribution < -0.4 is 5.32 Å². The second-order valence-corrected chi connectivity index (χ2v) is 1.84. The fourth-order valence-electron chi connectivity index (χ4n) is 0.723. The molecule has 2 aliphatic heterocycles. The van der Waals surface area contributed by atoms with Crippen molar-refractivity contribution in [3.63, 3.8) is 0 Å². The van der Waals surface area contributed by atoms with Crippen molar-refractivity contribution >= 4 is 18.1 Å². The lowest BCUT2D eigenvalue weighted by Gasteiger charge is -2.07. The summed E-state index contributed by atoms with van der Waals surface area (Å²) in [7, 11) is 0. The standard InChI is InChI=1S/C4H3N5O/c10-4-5-1-2-3(6-4)8-9-7-2/h1-2H,(H,6,7,8,10).